The Morgan fingerprint density at radius 2 is 2.06 bits per heavy atom. The summed E-state index contributed by atoms with van der Waals surface area (Å²) < 4.78 is 1.61. The van der Waals surface area contributed by atoms with Gasteiger partial charge < -0.3 is 0 Å². The summed E-state index contributed by atoms with van der Waals surface area (Å²) in [5.41, 5.74) is 0.917. The third-order valence-electron chi connectivity index (χ3n) is 2.28. The average molecular weight is 244 g/mol. The fourth-order valence-corrected chi connectivity index (χ4v) is 2.26. The van der Waals surface area contributed by atoms with Gasteiger partial charge in [0, 0.05) is 12.4 Å². The molecule has 0 aliphatic carbocycles. The van der Waals surface area contributed by atoms with Gasteiger partial charge in [0.1, 0.15) is 11.4 Å². The van der Waals surface area contributed by atoms with Gasteiger partial charge in [-0.25, -0.2) is 14.6 Å². The van der Waals surface area contributed by atoms with Crippen molar-refractivity contribution in [3.8, 4) is 0 Å². The maximum absolute atomic E-state index is 4.27. The van der Waals surface area contributed by atoms with Crippen LogP contribution in [0.4, 0.5) is 0 Å². The van der Waals surface area contributed by atoms with Crippen LogP contribution in [0.2, 0.25) is 0 Å². The Labute approximate surface area is 101 Å². The smallest absolute Gasteiger partial charge is 0.215 e. The van der Waals surface area contributed by atoms with E-state index in [1.807, 2.05) is 24.3 Å². The molecule has 0 unspecified atom stereocenters. The quantitative estimate of drug-likeness (QED) is 0.633. The number of aryl methyl sites for hydroxylation is 1. The molecular weight excluding hydrogens is 236 g/mol. The predicted molar refractivity (Wildman–Crippen MR) is 62.5 cm³/mol. The molecule has 2 heterocycles. The lowest BCUT2D eigenvalue weighted by molar-refractivity contribution is 0.664. The number of para-hydroxylation sites is 1. The predicted octanol–water partition coefficient (Wildman–Crippen LogP) is 1.30. The summed E-state index contributed by atoms with van der Waals surface area (Å²) in [5, 5.41) is 13.9. The highest BCUT2D eigenvalue weighted by Crippen LogP contribution is 2.28. The summed E-state index contributed by atoms with van der Waals surface area (Å²) >= 11 is 1.43. The van der Waals surface area contributed by atoms with Gasteiger partial charge in [0.2, 0.25) is 5.16 Å². The summed E-state index contributed by atoms with van der Waals surface area (Å²) in [7, 11) is 1.80. The van der Waals surface area contributed by atoms with Crippen molar-refractivity contribution in [3.63, 3.8) is 0 Å². The summed E-state index contributed by atoms with van der Waals surface area (Å²) in [6.07, 6.45) is 1.55. The van der Waals surface area contributed by atoms with E-state index in [1.54, 1.807) is 18.1 Å². The van der Waals surface area contributed by atoms with Crippen LogP contribution in [0.5, 0.6) is 0 Å². The molecule has 0 saturated heterocycles. The van der Waals surface area contributed by atoms with Gasteiger partial charge in [-0.05, 0) is 28.3 Å². The highest BCUT2D eigenvalue weighted by atomic mass is 32.2. The molecule has 3 rings (SSSR count). The minimum absolute atomic E-state index is 0.703. The first kappa shape index (κ1) is 10.2. The van der Waals surface area contributed by atoms with E-state index in [0.717, 1.165) is 15.9 Å². The Bertz CT molecular complexity index is 659. The fourth-order valence-electron chi connectivity index (χ4n) is 1.46. The van der Waals surface area contributed by atoms with Crippen molar-refractivity contribution in [1.82, 2.24) is 30.2 Å². The van der Waals surface area contributed by atoms with E-state index in [9.17, 15) is 0 Å². The van der Waals surface area contributed by atoms with Gasteiger partial charge in [0.15, 0.2) is 0 Å². The van der Waals surface area contributed by atoms with Gasteiger partial charge in [-0.15, -0.1) is 5.10 Å². The summed E-state index contributed by atoms with van der Waals surface area (Å²) in [4.78, 5) is 8.48. The highest BCUT2D eigenvalue weighted by molar-refractivity contribution is 7.99. The van der Waals surface area contributed by atoms with Crippen molar-refractivity contribution < 1.29 is 0 Å². The number of hydrogen-bond donors (Lipinski definition) is 0. The van der Waals surface area contributed by atoms with E-state index < -0.39 is 0 Å². The molecule has 17 heavy (non-hydrogen) atoms. The van der Waals surface area contributed by atoms with Gasteiger partial charge in [-0.1, -0.05) is 18.2 Å². The number of tetrazole rings is 1. The molecule has 84 valence electrons. The third-order valence-corrected chi connectivity index (χ3v) is 3.32. The Hall–Kier alpha value is -2.02. The fraction of sp³-hybridized carbons (Fsp3) is 0.100. The molecule has 0 amide bonds. The maximum atomic E-state index is 4.27. The van der Waals surface area contributed by atoms with Crippen LogP contribution in [-0.4, -0.2) is 30.2 Å². The molecule has 2 aromatic heterocycles. The van der Waals surface area contributed by atoms with E-state index >= 15 is 0 Å². The van der Waals surface area contributed by atoms with Crippen LogP contribution in [-0.2, 0) is 7.05 Å². The van der Waals surface area contributed by atoms with E-state index in [2.05, 4.69) is 25.5 Å². The van der Waals surface area contributed by atoms with Crippen molar-refractivity contribution in [1.29, 1.82) is 0 Å². The molecule has 6 nitrogen and oxygen atoms in total. The normalized spacial score (nSPS) is 10.9. The van der Waals surface area contributed by atoms with Crippen molar-refractivity contribution in [2.45, 2.75) is 10.2 Å². The molecule has 0 saturated carbocycles. The second-order valence-corrected chi connectivity index (χ2v) is 4.34. The largest absolute Gasteiger partial charge is 0.236 e. The van der Waals surface area contributed by atoms with Crippen molar-refractivity contribution in [3.05, 3.63) is 30.6 Å². The molecule has 0 atom stereocenters. The summed E-state index contributed by atoms with van der Waals surface area (Å²) in [5.74, 6) is 0. The lowest BCUT2D eigenvalue weighted by Gasteiger charge is -2.02. The lowest BCUT2D eigenvalue weighted by Crippen LogP contribution is -1.94. The molecule has 0 bridgehead atoms. The Morgan fingerprint density at radius 3 is 2.88 bits per heavy atom. The first-order valence-electron chi connectivity index (χ1n) is 4.94. The molecule has 7 heteroatoms. The van der Waals surface area contributed by atoms with Crippen LogP contribution in [0, 0.1) is 0 Å². The first-order chi connectivity index (χ1) is 8.34. The Morgan fingerprint density at radius 1 is 1.18 bits per heavy atom. The van der Waals surface area contributed by atoms with E-state index in [0.29, 0.717) is 5.16 Å². The third kappa shape index (κ3) is 1.84. The van der Waals surface area contributed by atoms with Crippen molar-refractivity contribution in [2.24, 2.45) is 7.05 Å². The van der Waals surface area contributed by atoms with Gasteiger partial charge in [0.25, 0.3) is 0 Å². The first-order valence-corrected chi connectivity index (χ1v) is 5.76. The lowest BCUT2D eigenvalue weighted by atomic mass is 10.2. The number of aromatic nitrogens is 6. The number of nitrogens with zero attached hydrogens (tertiary/aromatic N) is 6. The zero-order valence-corrected chi connectivity index (χ0v) is 9.79. The van der Waals surface area contributed by atoms with Crippen LogP contribution in [0.25, 0.3) is 10.9 Å². The maximum Gasteiger partial charge on any atom is 0.215 e. The van der Waals surface area contributed by atoms with Crippen LogP contribution in [0.15, 0.2) is 40.8 Å². The molecule has 0 aliphatic heterocycles. The Kier molecular flexibility index (Phi) is 2.45. The molecule has 0 N–H and O–H groups in total. The van der Waals surface area contributed by atoms with Gasteiger partial charge in [0.05, 0.1) is 5.52 Å². The Balaban J connectivity index is 2.09. The molecule has 0 radical (unpaired) electrons. The molecule has 0 aliphatic rings. The molecule has 1 aromatic carbocycles. The molecule has 0 fully saturated rings. The zero-order chi connectivity index (χ0) is 11.7. The number of hydrogen-bond acceptors (Lipinski definition) is 6. The number of fused-ring (bicyclic) bond motifs is 1. The van der Waals surface area contributed by atoms with Crippen LogP contribution >= 0.6 is 11.8 Å². The SMILES string of the molecule is Cn1nnnc1Sc1ncnc2ccccc12. The molecule has 0 spiro atoms. The minimum atomic E-state index is 0.703. The molecule has 3 aromatic rings. The summed E-state index contributed by atoms with van der Waals surface area (Å²) in [6, 6.07) is 7.86. The molecular formula is C10H8N6S. The average Bonchev–Trinajstić information content (AvgIpc) is 2.76. The van der Waals surface area contributed by atoms with E-state index in [1.165, 1.54) is 11.8 Å². The summed E-state index contributed by atoms with van der Waals surface area (Å²) in [6.45, 7) is 0. The van der Waals surface area contributed by atoms with Crippen LogP contribution in [0.1, 0.15) is 0 Å². The number of rotatable bonds is 2. The standard InChI is InChI=1S/C10H8N6S/c1-16-10(13-14-15-16)17-9-7-4-2-3-5-8(7)11-6-12-9/h2-6H,1H3. The van der Waals surface area contributed by atoms with E-state index in [-0.39, 0.29) is 0 Å². The van der Waals surface area contributed by atoms with Gasteiger partial charge in [-0.2, -0.15) is 0 Å². The van der Waals surface area contributed by atoms with Crippen LogP contribution < -0.4 is 0 Å². The second kappa shape index (κ2) is 4.10. The van der Waals surface area contributed by atoms with Gasteiger partial charge in [-0.3, -0.25) is 0 Å². The van der Waals surface area contributed by atoms with Crippen molar-refractivity contribution in [2.75, 3.05) is 0 Å². The number of benzene rings is 1. The van der Waals surface area contributed by atoms with Crippen LogP contribution in [0.3, 0.4) is 0 Å². The van der Waals surface area contributed by atoms with Crippen molar-refractivity contribution >= 4 is 22.7 Å². The van der Waals surface area contributed by atoms with Gasteiger partial charge >= 0.3 is 0 Å². The zero-order valence-electron chi connectivity index (χ0n) is 8.98. The highest BCUT2D eigenvalue weighted by Gasteiger charge is 2.09. The van der Waals surface area contributed by atoms with E-state index in [4.69, 9.17) is 0 Å². The monoisotopic (exact) mass is 244 g/mol. The second-order valence-electron chi connectivity index (χ2n) is 3.38. The minimum Gasteiger partial charge on any atom is -0.236 e. The topological polar surface area (TPSA) is 69.4 Å².